The maximum absolute atomic E-state index is 13.7. The third-order valence-electron chi connectivity index (χ3n) is 7.02. The summed E-state index contributed by atoms with van der Waals surface area (Å²) in [6.45, 7) is 6.84. The van der Waals surface area contributed by atoms with Gasteiger partial charge in [-0.2, -0.15) is 0 Å². The van der Waals surface area contributed by atoms with Gasteiger partial charge in [-0.15, -0.1) is 0 Å². The summed E-state index contributed by atoms with van der Waals surface area (Å²) in [6.07, 6.45) is 3.95. The molecule has 0 saturated carbocycles. The molecule has 3 aromatic carbocycles. The number of ether oxygens (including phenoxy) is 1. The molecule has 0 aliphatic rings. The lowest BCUT2D eigenvalue weighted by Gasteiger charge is -2.28. The van der Waals surface area contributed by atoms with Crippen molar-refractivity contribution >= 4 is 22.6 Å². The molecule has 0 N–H and O–H groups in total. The van der Waals surface area contributed by atoms with Crippen molar-refractivity contribution in [3.63, 3.8) is 0 Å². The van der Waals surface area contributed by atoms with Crippen molar-refractivity contribution in [3.8, 4) is 0 Å². The number of rotatable bonds is 13. The monoisotopic (exact) mass is 525 g/mol. The fourth-order valence-electron chi connectivity index (χ4n) is 4.81. The first-order chi connectivity index (χ1) is 19.0. The van der Waals surface area contributed by atoms with Crippen LogP contribution in [0.1, 0.15) is 46.9 Å². The molecule has 4 aromatic rings. The second kappa shape index (κ2) is 13.8. The first kappa shape index (κ1) is 28.1. The van der Waals surface area contributed by atoms with Gasteiger partial charge in [0.1, 0.15) is 6.54 Å². The van der Waals surface area contributed by atoms with Gasteiger partial charge in [0.2, 0.25) is 5.91 Å². The molecule has 204 valence electrons. The molecule has 6 nitrogen and oxygen atoms in total. The maximum Gasteiger partial charge on any atom is 0.254 e. The molecule has 0 unspecified atom stereocenters. The van der Waals surface area contributed by atoms with Gasteiger partial charge in [-0.1, -0.05) is 73.5 Å². The van der Waals surface area contributed by atoms with Crippen LogP contribution in [0.4, 0.5) is 0 Å². The third-order valence-corrected chi connectivity index (χ3v) is 7.02. The molecule has 0 atom stereocenters. The Morgan fingerprint density at radius 1 is 0.872 bits per heavy atom. The van der Waals surface area contributed by atoms with Gasteiger partial charge in [0.25, 0.3) is 5.91 Å². The van der Waals surface area contributed by atoms with Gasteiger partial charge in [0, 0.05) is 44.2 Å². The number of nitrogens with zero attached hydrogens (tertiary/aromatic N) is 3. The van der Waals surface area contributed by atoms with E-state index in [9.17, 15) is 9.59 Å². The first-order valence-corrected chi connectivity index (χ1v) is 13.7. The predicted molar refractivity (Wildman–Crippen MR) is 157 cm³/mol. The minimum absolute atomic E-state index is 0.0112. The highest BCUT2D eigenvalue weighted by molar-refractivity contribution is 6.00. The summed E-state index contributed by atoms with van der Waals surface area (Å²) < 4.78 is 7.48. The molecule has 0 spiro atoms. The maximum atomic E-state index is 13.7. The molecule has 0 bridgehead atoms. The van der Waals surface area contributed by atoms with E-state index in [1.54, 1.807) is 12.0 Å². The number of unbranched alkanes of at least 4 members (excludes halogenated alkanes) is 1. The zero-order valence-electron chi connectivity index (χ0n) is 23.3. The van der Waals surface area contributed by atoms with Crippen LogP contribution in [0, 0.1) is 6.92 Å². The van der Waals surface area contributed by atoms with E-state index in [4.69, 9.17) is 4.74 Å². The fourth-order valence-corrected chi connectivity index (χ4v) is 4.81. The van der Waals surface area contributed by atoms with Crippen molar-refractivity contribution in [1.29, 1.82) is 0 Å². The lowest BCUT2D eigenvalue weighted by Crippen LogP contribution is -2.44. The predicted octanol–water partition coefficient (Wildman–Crippen LogP) is 5.92. The van der Waals surface area contributed by atoms with Gasteiger partial charge in [0.05, 0.1) is 13.2 Å². The Morgan fingerprint density at radius 3 is 2.46 bits per heavy atom. The Labute approximate surface area is 231 Å². The molecule has 0 fully saturated rings. The summed E-state index contributed by atoms with van der Waals surface area (Å²) in [7, 11) is 1.61. The molecule has 0 radical (unpaired) electrons. The number of benzene rings is 3. The molecule has 2 amide bonds. The third kappa shape index (κ3) is 7.58. The molecule has 0 saturated heterocycles. The van der Waals surface area contributed by atoms with Gasteiger partial charge in [0.15, 0.2) is 0 Å². The van der Waals surface area contributed by atoms with Crippen LogP contribution < -0.4 is 0 Å². The number of hydrogen-bond acceptors (Lipinski definition) is 3. The number of carbonyl (C=O) groups is 2. The van der Waals surface area contributed by atoms with Crippen LogP contribution in [0.3, 0.4) is 0 Å². The molecule has 6 heteroatoms. The van der Waals surface area contributed by atoms with E-state index in [2.05, 4.69) is 54.9 Å². The number of methoxy groups -OCH3 is 1. The number of fused-ring (bicyclic) bond motifs is 1. The van der Waals surface area contributed by atoms with E-state index in [1.165, 1.54) is 11.1 Å². The SMILES string of the molecule is CCCCN(Cc1cccn1Cc1cccc(C)c1)C(=O)CN(CCOC)C(=O)c1ccc2ccccc2c1. The molecular weight excluding hydrogens is 486 g/mol. The van der Waals surface area contributed by atoms with E-state index in [0.717, 1.165) is 35.9 Å². The smallest absolute Gasteiger partial charge is 0.254 e. The van der Waals surface area contributed by atoms with E-state index >= 15 is 0 Å². The van der Waals surface area contributed by atoms with Gasteiger partial charge < -0.3 is 19.1 Å². The number of aromatic nitrogens is 1. The van der Waals surface area contributed by atoms with Crippen molar-refractivity contribution < 1.29 is 14.3 Å². The second-order valence-electron chi connectivity index (χ2n) is 10.1. The number of hydrogen-bond donors (Lipinski definition) is 0. The van der Waals surface area contributed by atoms with Crippen molar-refractivity contribution in [1.82, 2.24) is 14.4 Å². The van der Waals surface area contributed by atoms with Crippen LogP contribution in [-0.2, 0) is 22.6 Å². The fraction of sp³-hybridized carbons (Fsp3) is 0.333. The van der Waals surface area contributed by atoms with E-state index < -0.39 is 0 Å². The Morgan fingerprint density at radius 2 is 1.69 bits per heavy atom. The van der Waals surface area contributed by atoms with Crippen LogP contribution in [0.2, 0.25) is 0 Å². The van der Waals surface area contributed by atoms with Crippen molar-refractivity contribution in [3.05, 3.63) is 107 Å². The number of aryl methyl sites for hydroxylation is 1. The summed E-state index contributed by atoms with van der Waals surface area (Å²) in [6, 6.07) is 26.2. The lowest BCUT2D eigenvalue weighted by atomic mass is 10.1. The van der Waals surface area contributed by atoms with Crippen molar-refractivity contribution in [2.24, 2.45) is 0 Å². The Kier molecular flexibility index (Phi) is 9.92. The molecule has 4 rings (SSSR count). The first-order valence-electron chi connectivity index (χ1n) is 13.7. The van der Waals surface area contributed by atoms with E-state index in [1.807, 2.05) is 53.4 Å². The topological polar surface area (TPSA) is 54.8 Å². The quantitative estimate of drug-likeness (QED) is 0.218. The van der Waals surface area contributed by atoms with Crippen LogP contribution >= 0.6 is 0 Å². The standard InChI is InChI=1S/C33H39N3O3/c1-4-5-17-35(24-31-14-9-18-34(31)23-27-11-8-10-26(2)21-27)32(37)25-36(19-20-39-3)33(38)30-16-15-28-12-6-7-13-29(28)22-30/h6-16,18,21-22H,4-5,17,19-20,23-25H2,1-3H3. The Bertz CT molecular complexity index is 1390. The van der Waals surface area contributed by atoms with Gasteiger partial charge in [-0.25, -0.2) is 0 Å². The highest BCUT2D eigenvalue weighted by atomic mass is 16.5. The minimum Gasteiger partial charge on any atom is -0.383 e. The average molecular weight is 526 g/mol. The van der Waals surface area contributed by atoms with Crippen LogP contribution in [0.25, 0.3) is 10.8 Å². The Hall–Kier alpha value is -3.90. The van der Waals surface area contributed by atoms with E-state index in [0.29, 0.717) is 31.8 Å². The highest BCUT2D eigenvalue weighted by Crippen LogP contribution is 2.18. The molecule has 0 aliphatic carbocycles. The molecule has 39 heavy (non-hydrogen) atoms. The van der Waals surface area contributed by atoms with Crippen molar-refractivity contribution in [2.45, 2.75) is 39.8 Å². The second-order valence-corrected chi connectivity index (χ2v) is 10.1. The zero-order chi connectivity index (χ0) is 27.6. The summed E-state index contributed by atoms with van der Waals surface area (Å²) >= 11 is 0. The average Bonchev–Trinajstić information content (AvgIpc) is 3.38. The van der Waals surface area contributed by atoms with Gasteiger partial charge in [-0.3, -0.25) is 9.59 Å². The largest absolute Gasteiger partial charge is 0.383 e. The number of carbonyl (C=O) groups excluding carboxylic acids is 2. The number of amides is 2. The van der Waals surface area contributed by atoms with Gasteiger partial charge in [-0.05, 0) is 53.9 Å². The summed E-state index contributed by atoms with van der Waals surface area (Å²) in [5.74, 6) is -0.221. The molecular formula is C33H39N3O3. The van der Waals surface area contributed by atoms with Crippen LogP contribution in [0.15, 0.2) is 85.1 Å². The summed E-state index contributed by atoms with van der Waals surface area (Å²) in [4.78, 5) is 30.8. The van der Waals surface area contributed by atoms with E-state index in [-0.39, 0.29) is 18.4 Å². The normalized spacial score (nSPS) is 11.1. The minimum atomic E-state index is -0.163. The molecule has 1 aromatic heterocycles. The summed E-state index contributed by atoms with van der Waals surface area (Å²) in [5, 5.41) is 2.08. The molecule has 1 heterocycles. The van der Waals surface area contributed by atoms with Crippen molar-refractivity contribution in [2.75, 3.05) is 33.4 Å². The molecule has 0 aliphatic heterocycles. The van der Waals surface area contributed by atoms with Gasteiger partial charge >= 0.3 is 0 Å². The summed E-state index contributed by atoms with van der Waals surface area (Å²) in [5.41, 5.74) is 4.11. The van der Waals surface area contributed by atoms with Crippen LogP contribution in [-0.4, -0.2) is 59.5 Å². The van der Waals surface area contributed by atoms with Crippen LogP contribution in [0.5, 0.6) is 0 Å². The highest BCUT2D eigenvalue weighted by Gasteiger charge is 2.23. The zero-order valence-corrected chi connectivity index (χ0v) is 23.3. The lowest BCUT2D eigenvalue weighted by molar-refractivity contribution is -0.132. The Balaban J connectivity index is 1.51.